The maximum absolute atomic E-state index is 12.8. The van der Waals surface area contributed by atoms with Gasteiger partial charge in [-0.2, -0.15) is 0 Å². The third-order valence-corrected chi connectivity index (χ3v) is 11.4. The van der Waals surface area contributed by atoms with E-state index in [9.17, 15) is 14.4 Å². The SMILES string of the molecule is CCCCCCCCCC(=O)CCCCCCCCN(CCCCCCCC(=O)OC(CCCCCCCC)CCCCCCCC)CCCNC(=O)COC. The first-order chi connectivity index (χ1) is 27.5. The Morgan fingerprint density at radius 2 is 0.839 bits per heavy atom. The zero-order valence-corrected chi connectivity index (χ0v) is 38.1. The number of ether oxygens (including phenoxy) is 2. The molecule has 7 heteroatoms. The van der Waals surface area contributed by atoms with E-state index < -0.39 is 0 Å². The van der Waals surface area contributed by atoms with Gasteiger partial charge in [0, 0.05) is 32.9 Å². The van der Waals surface area contributed by atoms with Crippen LogP contribution >= 0.6 is 0 Å². The highest BCUT2D eigenvalue weighted by molar-refractivity contribution is 5.78. The molecular formula is C49H96N2O5. The van der Waals surface area contributed by atoms with Crippen molar-refractivity contribution in [1.29, 1.82) is 0 Å². The Hall–Kier alpha value is -1.47. The van der Waals surface area contributed by atoms with Crippen LogP contribution in [0.2, 0.25) is 0 Å². The minimum Gasteiger partial charge on any atom is -0.462 e. The van der Waals surface area contributed by atoms with E-state index >= 15 is 0 Å². The largest absolute Gasteiger partial charge is 0.462 e. The Kier molecular flexibility index (Phi) is 43.5. The molecule has 0 bridgehead atoms. The molecule has 332 valence electrons. The van der Waals surface area contributed by atoms with E-state index in [0.717, 1.165) is 83.8 Å². The van der Waals surface area contributed by atoms with Crippen LogP contribution in [-0.2, 0) is 23.9 Å². The zero-order chi connectivity index (χ0) is 41.0. The van der Waals surface area contributed by atoms with Gasteiger partial charge in [-0.25, -0.2) is 0 Å². The van der Waals surface area contributed by atoms with Crippen LogP contribution in [-0.4, -0.2) is 68.6 Å². The highest BCUT2D eigenvalue weighted by atomic mass is 16.5. The number of hydrogen-bond acceptors (Lipinski definition) is 6. The fourth-order valence-electron chi connectivity index (χ4n) is 7.76. The first kappa shape index (κ1) is 54.5. The average Bonchev–Trinajstić information content (AvgIpc) is 3.18. The molecule has 0 unspecified atom stereocenters. The summed E-state index contributed by atoms with van der Waals surface area (Å²) in [6.45, 7) is 10.8. The molecule has 1 amide bonds. The van der Waals surface area contributed by atoms with Crippen molar-refractivity contribution < 1.29 is 23.9 Å². The van der Waals surface area contributed by atoms with Crippen LogP contribution in [0.15, 0.2) is 0 Å². The Morgan fingerprint density at radius 3 is 1.29 bits per heavy atom. The van der Waals surface area contributed by atoms with Crippen molar-refractivity contribution in [1.82, 2.24) is 10.2 Å². The second-order valence-corrected chi connectivity index (χ2v) is 17.0. The average molecular weight is 793 g/mol. The van der Waals surface area contributed by atoms with Crippen LogP contribution in [0, 0.1) is 0 Å². The fourth-order valence-corrected chi connectivity index (χ4v) is 7.76. The van der Waals surface area contributed by atoms with Gasteiger partial charge < -0.3 is 19.7 Å². The van der Waals surface area contributed by atoms with Crippen molar-refractivity contribution in [3.63, 3.8) is 0 Å². The zero-order valence-electron chi connectivity index (χ0n) is 38.1. The van der Waals surface area contributed by atoms with Gasteiger partial charge in [-0.1, -0.05) is 168 Å². The van der Waals surface area contributed by atoms with E-state index in [1.807, 2.05) is 0 Å². The van der Waals surface area contributed by atoms with Gasteiger partial charge in [0.15, 0.2) is 0 Å². The summed E-state index contributed by atoms with van der Waals surface area (Å²) in [4.78, 5) is 39.4. The van der Waals surface area contributed by atoms with Gasteiger partial charge in [-0.15, -0.1) is 0 Å². The highest BCUT2D eigenvalue weighted by Gasteiger charge is 2.14. The summed E-state index contributed by atoms with van der Waals surface area (Å²) in [5.74, 6) is 0.438. The lowest BCUT2D eigenvalue weighted by Crippen LogP contribution is -2.32. The lowest BCUT2D eigenvalue weighted by Gasteiger charge is -2.22. The number of Topliss-reactive ketones (excluding diaryl/α,β-unsaturated/α-hetero) is 1. The van der Waals surface area contributed by atoms with Gasteiger partial charge in [0.25, 0.3) is 0 Å². The van der Waals surface area contributed by atoms with E-state index in [0.29, 0.717) is 18.7 Å². The first-order valence-corrected chi connectivity index (χ1v) is 24.7. The molecule has 7 nitrogen and oxygen atoms in total. The van der Waals surface area contributed by atoms with Crippen LogP contribution < -0.4 is 5.32 Å². The van der Waals surface area contributed by atoms with Crippen molar-refractivity contribution >= 4 is 17.7 Å². The molecule has 0 aromatic carbocycles. The molecule has 0 aromatic heterocycles. The van der Waals surface area contributed by atoms with Crippen molar-refractivity contribution in [3.05, 3.63) is 0 Å². The van der Waals surface area contributed by atoms with E-state index in [4.69, 9.17) is 9.47 Å². The molecule has 0 radical (unpaired) electrons. The number of carbonyl (C=O) groups is 3. The van der Waals surface area contributed by atoms with E-state index in [-0.39, 0.29) is 24.6 Å². The third-order valence-electron chi connectivity index (χ3n) is 11.4. The number of rotatable bonds is 46. The number of esters is 1. The maximum atomic E-state index is 12.8. The summed E-state index contributed by atoms with van der Waals surface area (Å²) in [5, 5.41) is 2.96. The van der Waals surface area contributed by atoms with Crippen molar-refractivity contribution in [2.24, 2.45) is 0 Å². The summed E-state index contributed by atoms with van der Waals surface area (Å²) in [5.41, 5.74) is 0. The van der Waals surface area contributed by atoms with Gasteiger partial charge >= 0.3 is 5.97 Å². The molecule has 0 aliphatic carbocycles. The second-order valence-electron chi connectivity index (χ2n) is 17.0. The van der Waals surface area contributed by atoms with E-state index in [1.54, 1.807) is 7.11 Å². The first-order valence-electron chi connectivity index (χ1n) is 24.7. The Morgan fingerprint density at radius 1 is 0.464 bits per heavy atom. The maximum Gasteiger partial charge on any atom is 0.306 e. The van der Waals surface area contributed by atoms with Crippen molar-refractivity contribution in [2.45, 2.75) is 258 Å². The van der Waals surface area contributed by atoms with Gasteiger partial charge in [0.1, 0.15) is 18.5 Å². The monoisotopic (exact) mass is 793 g/mol. The Labute approximate surface area is 348 Å². The number of nitrogens with zero attached hydrogens (tertiary/aromatic N) is 1. The molecule has 0 saturated carbocycles. The van der Waals surface area contributed by atoms with Crippen LogP contribution in [0.25, 0.3) is 0 Å². The van der Waals surface area contributed by atoms with Crippen molar-refractivity contribution in [2.75, 3.05) is 39.9 Å². The number of nitrogens with one attached hydrogen (secondary N) is 1. The summed E-state index contributed by atoms with van der Waals surface area (Å²) >= 11 is 0. The molecule has 56 heavy (non-hydrogen) atoms. The van der Waals surface area contributed by atoms with E-state index in [1.165, 1.54) is 161 Å². The third kappa shape index (κ3) is 40.7. The fraction of sp³-hybridized carbons (Fsp3) is 0.939. The summed E-state index contributed by atoms with van der Waals surface area (Å²) in [7, 11) is 1.55. The molecule has 0 rings (SSSR count). The molecule has 0 atom stereocenters. The minimum absolute atomic E-state index is 0.0167. The summed E-state index contributed by atoms with van der Waals surface area (Å²) in [6.07, 6.45) is 42.2. The Bertz CT molecular complexity index is 836. The number of methoxy groups -OCH3 is 1. The van der Waals surface area contributed by atoms with Crippen LogP contribution in [0.1, 0.15) is 252 Å². The molecule has 0 heterocycles. The second kappa shape index (κ2) is 44.6. The molecular weight excluding hydrogens is 697 g/mol. The molecule has 0 spiro atoms. The predicted octanol–water partition coefficient (Wildman–Crippen LogP) is 13.6. The molecule has 0 saturated heterocycles. The van der Waals surface area contributed by atoms with Crippen molar-refractivity contribution in [3.8, 4) is 0 Å². The smallest absolute Gasteiger partial charge is 0.306 e. The number of amides is 1. The van der Waals surface area contributed by atoms with Gasteiger partial charge in [-0.3, -0.25) is 14.4 Å². The summed E-state index contributed by atoms with van der Waals surface area (Å²) < 4.78 is 11.0. The number of ketones is 1. The Balaban J connectivity index is 4.33. The van der Waals surface area contributed by atoms with Crippen LogP contribution in [0.4, 0.5) is 0 Å². The van der Waals surface area contributed by atoms with Crippen LogP contribution in [0.5, 0.6) is 0 Å². The predicted molar refractivity (Wildman–Crippen MR) is 239 cm³/mol. The molecule has 1 N–H and O–H groups in total. The lowest BCUT2D eigenvalue weighted by atomic mass is 10.0. The van der Waals surface area contributed by atoms with Crippen LogP contribution in [0.3, 0.4) is 0 Å². The molecule has 0 fully saturated rings. The topological polar surface area (TPSA) is 84.9 Å². The normalized spacial score (nSPS) is 11.5. The number of hydrogen-bond donors (Lipinski definition) is 1. The minimum atomic E-state index is -0.0476. The van der Waals surface area contributed by atoms with Gasteiger partial charge in [-0.05, 0) is 83.8 Å². The van der Waals surface area contributed by atoms with Gasteiger partial charge in [0.2, 0.25) is 5.91 Å². The highest BCUT2D eigenvalue weighted by Crippen LogP contribution is 2.19. The number of unbranched alkanes of at least 4 members (excludes halogenated alkanes) is 25. The lowest BCUT2D eigenvalue weighted by molar-refractivity contribution is -0.150. The van der Waals surface area contributed by atoms with Gasteiger partial charge in [0.05, 0.1) is 0 Å². The summed E-state index contributed by atoms with van der Waals surface area (Å²) in [6, 6.07) is 0. The number of carbonyl (C=O) groups excluding carboxylic acids is 3. The van der Waals surface area contributed by atoms with E-state index in [2.05, 4.69) is 31.0 Å². The molecule has 0 aromatic rings. The quantitative estimate of drug-likeness (QED) is 0.0488. The molecule has 0 aliphatic heterocycles. The standard InChI is InChI=1S/C49H96N2O5/c1-5-8-11-14-17-21-28-36-46(52)37-29-22-18-19-26-33-42-51(44-35-41-50-48(53)45-55-4)43-34-27-20-25-32-40-49(54)56-47(38-30-23-15-12-9-6-2)39-31-24-16-13-10-7-3/h47H,5-45H2,1-4H3,(H,50,53). The molecule has 0 aliphatic rings.